The summed E-state index contributed by atoms with van der Waals surface area (Å²) in [5.41, 5.74) is 0.685. The largest absolute Gasteiger partial charge is 0.332 e. The van der Waals surface area contributed by atoms with Gasteiger partial charge in [-0.25, -0.2) is 9.69 Å². The lowest BCUT2D eigenvalue weighted by Crippen LogP contribution is -2.43. The normalized spacial score (nSPS) is 26.0. The molecule has 4 rings (SSSR count). The van der Waals surface area contributed by atoms with Crippen LogP contribution in [0.4, 0.5) is 10.5 Å². The van der Waals surface area contributed by atoms with Crippen LogP contribution in [-0.2, 0) is 4.79 Å². The molecule has 25 heavy (non-hydrogen) atoms. The van der Waals surface area contributed by atoms with Gasteiger partial charge in [0.15, 0.2) is 0 Å². The molecule has 0 radical (unpaired) electrons. The minimum atomic E-state index is -0.321. The second kappa shape index (κ2) is 7.16. The summed E-state index contributed by atoms with van der Waals surface area (Å²) in [7, 11) is 0. The van der Waals surface area contributed by atoms with Crippen LogP contribution in [0.5, 0.6) is 0 Å². The van der Waals surface area contributed by atoms with Gasteiger partial charge >= 0.3 is 6.03 Å². The standard InChI is InChI=1S/C20H27N3O2/c24-19-18-15-21(14-16-8-3-1-4-9-16)12-7-13-22(18)20(25)23(19)17-10-5-2-6-11-17/h2,5-6,10-11,16,18H,1,3-4,7-9,12-15H2. The number of rotatable bonds is 3. The van der Waals surface area contributed by atoms with Crippen LogP contribution in [0.2, 0.25) is 0 Å². The summed E-state index contributed by atoms with van der Waals surface area (Å²) >= 11 is 0. The van der Waals surface area contributed by atoms with E-state index in [-0.39, 0.29) is 18.0 Å². The van der Waals surface area contributed by atoms with Crippen molar-refractivity contribution in [2.24, 2.45) is 5.92 Å². The van der Waals surface area contributed by atoms with E-state index in [9.17, 15) is 9.59 Å². The van der Waals surface area contributed by atoms with Gasteiger partial charge < -0.3 is 9.80 Å². The maximum atomic E-state index is 13.0. The maximum absolute atomic E-state index is 13.0. The van der Waals surface area contributed by atoms with E-state index in [0.29, 0.717) is 18.8 Å². The van der Waals surface area contributed by atoms with E-state index >= 15 is 0 Å². The van der Waals surface area contributed by atoms with Gasteiger partial charge in [-0.3, -0.25) is 4.79 Å². The zero-order valence-electron chi connectivity index (χ0n) is 14.8. The molecule has 5 heteroatoms. The summed E-state index contributed by atoms with van der Waals surface area (Å²) in [6.07, 6.45) is 7.62. The molecule has 134 valence electrons. The lowest BCUT2D eigenvalue weighted by Gasteiger charge is -2.29. The number of hydrogen-bond donors (Lipinski definition) is 0. The molecule has 0 aromatic heterocycles. The number of hydrogen-bond acceptors (Lipinski definition) is 3. The van der Waals surface area contributed by atoms with Gasteiger partial charge in [-0.05, 0) is 43.9 Å². The quantitative estimate of drug-likeness (QED) is 0.794. The van der Waals surface area contributed by atoms with E-state index in [4.69, 9.17) is 0 Å². The molecular formula is C20H27N3O2. The summed E-state index contributed by atoms with van der Waals surface area (Å²) in [5.74, 6) is 0.699. The number of amides is 3. The van der Waals surface area contributed by atoms with Crippen molar-refractivity contribution < 1.29 is 9.59 Å². The SMILES string of the molecule is O=C1C2CN(CC3CCCCC3)CCCN2C(=O)N1c1ccccc1. The third-order valence-electron chi connectivity index (χ3n) is 5.88. The molecule has 1 aromatic carbocycles. The molecule has 1 unspecified atom stereocenters. The fraction of sp³-hybridized carbons (Fsp3) is 0.600. The van der Waals surface area contributed by atoms with Crippen molar-refractivity contribution in [3.8, 4) is 0 Å². The molecular weight excluding hydrogens is 314 g/mol. The molecule has 5 nitrogen and oxygen atoms in total. The smallest absolute Gasteiger partial charge is 0.311 e. The minimum absolute atomic E-state index is 0.0632. The molecule has 1 aromatic rings. The van der Waals surface area contributed by atoms with Crippen molar-refractivity contribution >= 4 is 17.6 Å². The predicted molar refractivity (Wildman–Crippen MR) is 97.5 cm³/mol. The molecule has 2 heterocycles. The molecule has 0 bridgehead atoms. The third-order valence-corrected chi connectivity index (χ3v) is 5.88. The van der Waals surface area contributed by atoms with E-state index in [1.54, 1.807) is 4.90 Å². The number of carbonyl (C=O) groups is 2. The summed E-state index contributed by atoms with van der Waals surface area (Å²) in [4.78, 5) is 31.4. The highest BCUT2D eigenvalue weighted by atomic mass is 16.2. The second-order valence-corrected chi connectivity index (χ2v) is 7.62. The van der Waals surface area contributed by atoms with Crippen LogP contribution in [-0.4, -0.2) is 54.0 Å². The van der Waals surface area contributed by atoms with E-state index in [0.717, 1.165) is 25.4 Å². The first-order valence-electron chi connectivity index (χ1n) is 9.66. The van der Waals surface area contributed by atoms with Gasteiger partial charge in [0, 0.05) is 19.6 Å². The van der Waals surface area contributed by atoms with Crippen LogP contribution in [0.3, 0.4) is 0 Å². The Balaban J connectivity index is 1.49. The Morgan fingerprint density at radius 2 is 1.68 bits per heavy atom. The molecule has 2 saturated heterocycles. The Morgan fingerprint density at radius 3 is 2.44 bits per heavy atom. The lowest BCUT2D eigenvalue weighted by atomic mass is 9.89. The molecule has 3 amide bonds. The van der Waals surface area contributed by atoms with Gasteiger partial charge in [-0.15, -0.1) is 0 Å². The van der Waals surface area contributed by atoms with Crippen LogP contribution >= 0.6 is 0 Å². The highest BCUT2D eigenvalue weighted by Gasteiger charge is 2.47. The minimum Gasteiger partial charge on any atom is -0.311 e. The third kappa shape index (κ3) is 3.30. The fourth-order valence-electron chi connectivity index (χ4n) is 4.58. The fourth-order valence-corrected chi connectivity index (χ4v) is 4.58. The van der Waals surface area contributed by atoms with Crippen LogP contribution in [0, 0.1) is 5.92 Å². The number of benzene rings is 1. The summed E-state index contributed by atoms with van der Waals surface area (Å²) in [5, 5.41) is 0. The number of anilines is 1. The summed E-state index contributed by atoms with van der Waals surface area (Å²) < 4.78 is 0. The van der Waals surface area contributed by atoms with Crippen LogP contribution < -0.4 is 4.90 Å². The van der Waals surface area contributed by atoms with Crippen LogP contribution in [0.25, 0.3) is 0 Å². The Kier molecular flexibility index (Phi) is 4.75. The molecule has 3 aliphatic rings. The summed E-state index contributed by atoms with van der Waals surface area (Å²) in [6, 6.07) is 8.84. The Hall–Kier alpha value is -1.88. The zero-order chi connectivity index (χ0) is 17.2. The first-order valence-corrected chi connectivity index (χ1v) is 9.66. The zero-order valence-corrected chi connectivity index (χ0v) is 14.8. The Morgan fingerprint density at radius 1 is 0.920 bits per heavy atom. The van der Waals surface area contributed by atoms with Gasteiger partial charge in [0.1, 0.15) is 6.04 Å². The monoisotopic (exact) mass is 341 g/mol. The van der Waals surface area contributed by atoms with Crippen molar-refractivity contribution in [3.05, 3.63) is 30.3 Å². The Labute approximate surface area is 149 Å². The van der Waals surface area contributed by atoms with Crippen molar-refractivity contribution in [1.82, 2.24) is 9.80 Å². The topological polar surface area (TPSA) is 43.9 Å². The van der Waals surface area contributed by atoms with Gasteiger partial charge in [-0.2, -0.15) is 0 Å². The van der Waals surface area contributed by atoms with E-state index < -0.39 is 0 Å². The number of para-hydroxylation sites is 1. The maximum Gasteiger partial charge on any atom is 0.332 e. The van der Waals surface area contributed by atoms with E-state index in [1.165, 1.54) is 37.0 Å². The highest BCUT2D eigenvalue weighted by molar-refractivity contribution is 6.21. The van der Waals surface area contributed by atoms with Crippen molar-refractivity contribution in [1.29, 1.82) is 0 Å². The number of carbonyl (C=O) groups excluding carboxylic acids is 2. The number of fused-ring (bicyclic) bond motifs is 1. The van der Waals surface area contributed by atoms with Crippen molar-refractivity contribution in [2.75, 3.05) is 31.1 Å². The van der Waals surface area contributed by atoms with Crippen molar-refractivity contribution in [3.63, 3.8) is 0 Å². The molecule has 0 spiro atoms. The number of nitrogens with zero attached hydrogens (tertiary/aromatic N) is 3. The molecule has 2 aliphatic heterocycles. The van der Waals surface area contributed by atoms with Gasteiger partial charge in [-0.1, -0.05) is 37.5 Å². The van der Waals surface area contributed by atoms with Crippen LogP contribution in [0.1, 0.15) is 38.5 Å². The number of urea groups is 1. The molecule has 1 saturated carbocycles. The van der Waals surface area contributed by atoms with Crippen LogP contribution in [0.15, 0.2) is 30.3 Å². The number of imide groups is 1. The molecule has 1 aliphatic carbocycles. The molecule has 3 fully saturated rings. The van der Waals surface area contributed by atoms with Gasteiger partial charge in [0.25, 0.3) is 5.91 Å². The first-order chi connectivity index (χ1) is 12.2. The average molecular weight is 341 g/mol. The molecule has 1 atom stereocenters. The molecule has 0 N–H and O–H groups in total. The highest BCUT2D eigenvalue weighted by Crippen LogP contribution is 2.29. The average Bonchev–Trinajstić information content (AvgIpc) is 2.79. The van der Waals surface area contributed by atoms with Crippen molar-refractivity contribution in [2.45, 2.75) is 44.6 Å². The Bertz CT molecular complexity index is 627. The van der Waals surface area contributed by atoms with Gasteiger partial charge in [0.05, 0.1) is 5.69 Å². The second-order valence-electron chi connectivity index (χ2n) is 7.62. The lowest BCUT2D eigenvalue weighted by molar-refractivity contribution is -0.120. The van der Waals surface area contributed by atoms with E-state index in [2.05, 4.69) is 4.90 Å². The van der Waals surface area contributed by atoms with Gasteiger partial charge in [0.2, 0.25) is 0 Å². The first kappa shape index (κ1) is 16.6. The van der Waals surface area contributed by atoms with E-state index in [1.807, 2.05) is 30.3 Å². The summed E-state index contributed by atoms with van der Waals surface area (Å²) in [6.45, 7) is 3.44. The predicted octanol–water partition coefficient (Wildman–Crippen LogP) is 3.11.